The number of nitrogens with zero attached hydrogens (tertiary/aromatic N) is 1. The SMILES string of the molecule is C[C@@H](NC(=O)Cc1csc(-c2ccco2)n1)C12CC3CC(CC(C3)C1)C2. The molecule has 4 aliphatic carbocycles. The first-order valence-corrected chi connectivity index (χ1v) is 10.8. The van der Waals surface area contributed by atoms with Gasteiger partial charge in [0.2, 0.25) is 5.91 Å². The van der Waals surface area contributed by atoms with Gasteiger partial charge in [0.25, 0.3) is 0 Å². The summed E-state index contributed by atoms with van der Waals surface area (Å²) in [6.07, 6.45) is 10.3. The number of thiazole rings is 1. The van der Waals surface area contributed by atoms with Crippen molar-refractivity contribution in [1.29, 1.82) is 0 Å². The molecule has 4 fully saturated rings. The predicted octanol–water partition coefficient (Wildman–Crippen LogP) is 4.67. The second-order valence-corrected chi connectivity index (χ2v) is 9.73. The molecular weight excluding hydrogens is 344 g/mol. The minimum atomic E-state index is 0.101. The van der Waals surface area contributed by atoms with E-state index >= 15 is 0 Å². The molecule has 0 aliphatic heterocycles. The second kappa shape index (κ2) is 6.22. The van der Waals surface area contributed by atoms with Crippen LogP contribution in [0.1, 0.15) is 51.1 Å². The van der Waals surface area contributed by atoms with Gasteiger partial charge in [0.1, 0.15) is 0 Å². The van der Waals surface area contributed by atoms with E-state index in [0.29, 0.717) is 11.8 Å². The fourth-order valence-electron chi connectivity index (χ4n) is 6.22. The highest BCUT2D eigenvalue weighted by Crippen LogP contribution is 2.61. The summed E-state index contributed by atoms with van der Waals surface area (Å²) in [6, 6.07) is 4.03. The van der Waals surface area contributed by atoms with Gasteiger partial charge in [0, 0.05) is 11.4 Å². The molecule has 1 N–H and O–H groups in total. The van der Waals surface area contributed by atoms with Crippen LogP contribution in [0, 0.1) is 23.2 Å². The highest BCUT2D eigenvalue weighted by Gasteiger charge is 2.53. The van der Waals surface area contributed by atoms with Crippen LogP contribution in [-0.4, -0.2) is 16.9 Å². The van der Waals surface area contributed by atoms with Crippen molar-refractivity contribution in [2.24, 2.45) is 23.2 Å². The molecule has 138 valence electrons. The minimum Gasteiger partial charge on any atom is -0.462 e. The van der Waals surface area contributed by atoms with Crippen molar-refractivity contribution in [2.45, 2.75) is 57.9 Å². The van der Waals surface area contributed by atoms with Gasteiger partial charge in [-0.25, -0.2) is 4.98 Å². The van der Waals surface area contributed by atoms with Crippen molar-refractivity contribution in [3.8, 4) is 10.8 Å². The summed E-state index contributed by atoms with van der Waals surface area (Å²) in [6.45, 7) is 2.24. The standard InChI is InChI=1S/C21H26N2O2S/c1-13(21-9-14-5-15(10-21)7-16(6-14)11-21)22-19(24)8-17-12-26-20(23-17)18-3-2-4-25-18/h2-4,12-16H,5-11H2,1H3,(H,22,24)/t13-,14?,15?,16?,21?/m1/s1. The van der Waals surface area contributed by atoms with Gasteiger partial charge in [0.15, 0.2) is 10.8 Å². The van der Waals surface area contributed by atoms with Gasteiger partial charge in [-0.3, -0.25) is 4.79 Å². The molecule has 1 amide bonds. The van der Waals surface area contributed by atoms with E-state index in [1.807, 2.05) is 17.5 Å². The van der Waals surface area contributed by atoms with Gasteiger partial charge in [-0.05, 0) is 80.8 Å². The zero-order valence-electron chi connectivity index (χ0n) is 15.2. The molecule has 4 nitrogen and oxygen atoms in total. The summed E-state index contributed by atoms with van der Waals surface area (Å²) in [5, 5.41) is 6.14. The van der Waals surface area contributed by atoms with E-state index < -0.39 is 0 Å². The fourth-order valence-corrected chi connectivity index (χ4v) is 7.01. The number of hydrogen-bond donors (Lipinski definition) is 1. The third-order valence-corrected chi connectivity index (χ3v) is 7.91. The molecule has 2 aromatic rings. The third-order valence-electron chi connectivity index (χ3n) is 7.01. The lowest BCUT2D eigenvalue weighted by molar-refractivity contribution is -0.125. The van der Waals surface area contributed by atoms with Crippen molar-refractivity contribution in [3.05, 3.63) is 29.5 Å². The zero-order valence-corrected chi connectivity index (χ0v) is 16.1. The number of carbonyl (C=O) groups excluding carboxylic acids is 1. The molecule has 2 aromatic heterocycles. The highest BCUT2D eigenvalue weighted by molar-refractivity contribution is 7.13. The molecule has 4 aliphatic rings. The van der Waals surface area contributed by atoms with Crippen molar-refractivity contribution < 1.29 is 9.21 Å². The monoisotopic (exact) mass is 370 g/mol. The highest BCUT2D eigenvalue weighted by atomic mass is 32.1. The Kier molecular flexibility index (Phi) is 3.96. The lowest BCUT2D eigenvalue weighted by Crippen LogP contribution is -2.56. The Morgan fingerprint density at radius 3 is 2.62 bits per heavy atom. The van der Waals surface area contributed by atoms with Crippen LogP contribution in [0.2, 0.25) is 0 Å². The Bertz CT molecular complexity index is 760. The Balaban J connectivity index is 1.23. The van der Waals surface area contributed by atoms with Crippen molar-refractivity contribution in [1.82, 2.24) is 10.3 Å². The van der Waals surface area contributed by atoms with Crippen LogP contribution in [-0.2, 0) is 11.2 Å². The van der Waals surface area contributed by atoms with Crippen molar-refractivity contribution in [3.63, 3.8) is 0 Å². The zero-order chi connectivity index (χ0) is 17.7. The van der Waals surface area contributed by atoms with E-state index in [1.165, 1.54) is 49.9 Å². The van der Waals surface area contributed by atoms with E-state index in [0.717, 1.165) is 34.2 Å². The smallest absolute Gasteiger partial charge is 0.226 e. The summed E-state index contributed by atoms with van der Waals surface area (Å²) < 4.78 is 5.39. The van der Waals surface area contributed by atoms with Crippen molar-refractivity contribution in [2.75, 3.05) is 0 Å². The minimum absolute atomic E-state index is 0.101. The number of nitrogens with one attached hydrogen (secondary N) is 1. The molecule has 6 rings (SSSR count). The van der Waals surface area contributed by atoms with Crippen LogP contribution in [0.3, 0.4) is 0 Å². The van der Waals surface area contributed by atoms with Crippen LogP contribution in [0.15, 0.2) is 28.2 Å². The van der Waals surface area contributed by atoms with Crippen LogP contribution >= 0.6 is 11.3 Å². The number of amides is 1. The maximum atomic E-state index is 12.6. The molecule has 5 heteroatoms. The van der Waals surface area contributed by atoms with Gasteiger partial charge in [0.05, 0.1) is 18.4 Å². The van der Waals surface area contributed by atoms with Gasteiger partial charge in [-0.2, -0.15) is 0 Å². The van der Waals surface area contributed by atoms with Gasteiger partial charge < -0.3 is 9.73 Å². The van der Waals surface area contributed by atoms with E-state index in [-0.39, 0.29) is 11.9 Å². The topological polar surface area (TPSA) is 55.1 Å². The van der Waals surface area contributed by atoms with Gasteiger partial charge >= 0.3 is 0 Å². The first-order valence-electron chi connectivity index (χ1n) is 9.87. The van der Waals surface area contributed by atoms with E-state index in [4.69, 9.17) is 4.42 Å². The summed E-state index contributed by atoms with van der Waals surface area (Å²) >= 11 is 1.53. The number of rotatable bonds is 5. The molecule has 4 bridgehead atoms. The van der Waals surface area contributed by atoms with Crippen LogP contribution < -0.4 is 5.32 Å². The molecule has 0 radical (unpaired) electrons. The molecule has 26 heavy (non-hydrogen) atoms. The summed E-state index contributed by atoms with van der Waals surface area (Å²) in [5.74, 6) is 3.60. The number of aromatic nitrogens is 1. The third kappa shape index (κ3) is 2.90. The Hall–Kier alpha value is -1.62. The summed E-state index contributed by atoms with van der Waals surface area (Å²) in [7, 11) is 0. The normalized spacial score (nSPS) is 33.3. The van der Waals surface area contributed by atoms with Gasteiger partial charge in [-0.1, -0.05) is 0 Å². The lowest BCUT2D eigenvalue weighted by Gasteiger charge is -2.59. The predicted molar refractivity (Wildman–Crippen MR) is 102 cm³/mol. The van der Waals surface area contributed by atoms with Crippen LogP contribution in [0.4, 0.5) is 0 Å². The Labute approximate surface area is 158 Å². The Morgan fingerprint density at radius 2 is 2.00 bits per heavy atom. The number of carbonyl (C=O) groups is 1. The van der Waals surface area contributed by atoms with Gasteiger partial charge in [-0.15, -0.1) is 11.3 Å². The molecule has 0 saturated heterocycles. The molecule has 2 heterocycles. The maximum Gasteiger partial charge on any atom is 0.226 e. The fraction of sp³-hybridized carbons (Fsp3) is 0.619. The van der Waals surface area contributed by atoms with E-state index in [9.17, 15) is 4.79 Å². The molecular formula is C21H26N2O2S. The first kappa shape index (κ1) is 16.5. The van der Waals surface area contributed by atoms with E-state index in [1.54, 1.807) is 6.26 Å². The largest absolute Gasteiger partial charge is 0.462 e. The van der Waals surface area contributed by atoms with E-state index in [2.05, 4.69) is 17.2 Å². The summed E-state index contributed by atoms with van der Waals surface area (Å²) in [5.41, 5.74) is 1.18. The first-order chi connectivity index (χ1) is 12.6. The Morgan fingerprint density at radius 1 is 1.31 bits per heavy atom. The number of hydrogen-bond acceptors (Lipinski definition) is 4. The van der Waals surface area contributed by atoms with Crippen LogP contribution in [0.25, 0.3) is 10.8 Å². The molecule has 0 unspecified atom stereocenters. The second-order valence-electron chi connectivity index (χ2n) is 8.87. The van der Waals surface area contributed by atoms with Crippen LogP contribution in [0.5, 0.6) is 0 Å². The molecule has 0 spiro atoms. The molecule has 1 atom stereocenters. The molecule has 4 saturated carbocycles. The molecule has 0 aromatic carbocycles. The quantitative estimate of drug-likeness (QED) is 0.832. The summed E-state index contributed by atoms with van der Waals surface area (Å²) in [4.78, 5) is 17.2. The average Bonchev–Trinajstić information content (AvgIpc) is 3.24. The maximum absolute atomic E-state index is 12.6. The lowest BCUT2D eigenvalue weighted by atomic mass is 9.48. The average molecular weight is 371 g/mol. The van der Waals surface area contributed by atoms with Crippen molar-refractivity contribution >= 4 is 17.2 Å². The number of furan rings is 1.